The van der Waals surface area contributed by atoms with Crippen LogP contribution in [0.4, 0.5) is 10.3 Å². The molecular formula is C12H15ClFN3. The van der Waals surface area contributed by atoms with E-state index in [1.165, 1.54) is 12.1 Å². The number of hydrogen-bond acceptors (Lipinski definition) is 2. The van der Waals surface area contributed by atoms with Crippen molar-refractivity contribution in [2.75, 3.05) is 11.2 Å². The van der Waals surface area contributed by atoms with E-state index in [0.717, 1.165) is 18.4 Å². The number of benzene rings is 1. The zero-order valence-corrected chi connectivity index (χ0v) is 10.4. The Morgan fingerprint density at radius 2 is 2.35 bits per heavy atom. The van der Waals surface area contributed by atoms with Crippen LogP contribution < -0.4 is 5.32 Å². The number of anilines is 1. The van der Waals surface area contributed by atoms with Gasteiger partial charge in [-0.2, -0.15) is 0 Å². The molecule has 0 saturated heterocycles. The number of imidazole rings is 1. The number of aromatic nitrogens is 2. The molecule has 2 aromatic rings. The molecule has 1 aromatic carbocycles. The Hall–Kier alpha value is -1.29. The third kappa shape index (κ3) is 3.09. The lowest BCUT2D eigenvalue weighted by Crippen LogP contribution is -2.15. The van der Waals surface area contributed by atoms with Gasteiger partial charge in [-0.3, -0.25) is 0 Å². The predicted molar refractivity (Wildman–Crippen MR) is 69.1 cm³/mol. The van der Waals surface area contributed by atoms with Gasteiger partial charge in [0.2, 0.25) is 5.95 Å². The summed E-state index contributed by atoms with van der Waals surface area (Å²) in [6.45, 7) is 2.07. The first kappa shape index (κ1) is 12.2. The monoisotopic (exact) mass is 255 g/mol. The van der Waals surface area contributed by atoms with E-state index < -0.39 is 0 Å². The Kier molecular flexibility index (Phi) is 3.84. The molecule has 0 bridgehead atoms. The molecule has 3 nitrogen and oxygen atoms in total. The molecule has 0 aliphatic rings. The molecule has 1 unspecified atom stereocenters. The summed E-state index contributed by atoms with van der Waals surface area (Å²) in [6.07, 6.45) is 1.94. The number of rotatable bonds is 5. The summed E-state index contributed by atoms with van der Waals surface area (Å²) in [4.78, 5) is 7.38. The minimum absolute atomic E-state index is 0.261. The second-order valence-corrected chi connectivity index (χ2v) is 4.50. The van der Waals surface area contributed by atoms with Crippen molar-refractivity contribution < 1.29 is 4.39 Å². The summed E-state index contributed by atoms with van der Waals surface area (Å²) in [6, 6.07) is 4.80. The predicted octanol–water partition coefficient (Wildman–Crippen LogP) is 3.52. The fourth-order valence-electron chi connectivity index (χ4n) is 1.74. The molecule has 2 rings (SSSR count). The molecule has 5 heteroatoms. The van der Waals surface area contributed by atoms with Crippen molar-refractivity contribution in [2.45, 2.75) is 25.8 Å². The normalized spacial score (nSPS) is 12.9. The third-order valence-electron chi connectivity index (χ3n) is 2.60. The van der Waals surface area contributed by atoms with Crippen LogP contribution in [0.3, 0.4) is 0 Å². The van der Waals surface area contributed by atoms with Gasteiger partial charge in [0.25, 0.3) is 0 Å². The number of nitrogens with one attached hydrogen (secondary N) is 2. The van der Waals surface area contributed by atoms with Gasteiger partial charge in [-0.05, 0) is 38.0 Å². The molecule has 1 aromatic heterocycles. The second-order valence-electron chi connectivity index (χ2n) is 4.12. The van der Waals surface area contributed by atoms with E-state index >= 15 is 0 Å². The summed E-state index contributed by atoms with van der Waals surface area (Å²) >= 11 is 5.64. The molecule has 0 aliphatic heterocycles. The lowest BCUT2D eigenvalue weighted by atomic mass is 10.2. The van der Waals surface area contributed by atoms with Gasteiger partial charge in [-0.15, -0.1) is 11.6 Å². The summed E-state index contributed by atoms with van der Waals surface area (Å²) in [5.41, 5.74) is 1.47. The second kappa shape index (κ2) is 5.36. The minimum Gasteiger partial charge on any atom is -0.353 e. The topological polar surface area (TPSA) is 40.7 Å². The van der Waals surface area contributed by atoms with E-state index in [9.17, 15) is 4.39 Å². The van der Waals surface area contributed by atoms with E-state index in [-0.39, 0.29) is 5.82 Å². The van der Waals surface area contributed by atoms with Gasteiger partial charge < -0.3 is 10.3 Å². The number of halogens is 2. The van der Waals surface area contributed by atoms with Crippen LogP contribution in [-0.2, 0) is 0 Å². The van der Waals surface area contributed by atoms with Crippen molar-refractivity contribution >= 4 is 28.6 Å². The van der Waals surface area contributed by atoms with E-state index in [1.807, 2.05) is 0 Å². The molecule has 0 radical (unpaired) electrons. The van der Waals surface area contributed by atoms with Gasteiger partial charge in [-0.1, -0.05) is 0 Å². The Bertz CT molecular complexity index is 497. The first-order valence-electron chi connectivity index (χ1n) is 5.67. The maximum atomic E-state index is 13.0. The summed E-state index contributed by atoms with van der Waals surface area (Å²) in [7, 11) is 0. The molecule has 92 valence electrons. The summed E-state index contributed by atoms with van der Waals surface area (Å²) < 4.78 is 13.0. The van der Waals surface area contributed by atoms with Crippen LogP contribution in [0, 0.1) is 5.82 Å². The first-order valence-corrected chi connectivity index (χ1v) is 6.20. The van der Waals surface area contributed by atoms with Crippen LogP contribution in [0.15, 0.2) is 18.2 Å². The molecule has 1 heterocycles. The number of fused-ring (bicyclic) bond motifs is 1. The smallest absolute Gasteiger partial charge is 0.201 e. The largest absolute Gasteiger partial charge is 0.353 e. The Labute approximate surface area is 104 Å². The highest BCUT2D eigenvalue weighted by Gasteiger charge is 2.06. The van der Waals surface area contributed by atoms with E-state index in [4.69, 9.17) is 11.6 Å². The SMILES string of the molecule is CC(CCCCl)Nc1nc2ccc(F)cc2[nH]1. The number of alkyl halides is 1. The minimum atomic E-state index is -0.261. The van der Waals surface area contributed by atoms with Crippen LogP contribution >= 0.6 is 11.6 Å². The van der Waals surface area contributed by atoms with Crippen LogP contribution in [0.1, 0.15) is 19.8 Å². The van der Waals surface area contributed by atoms with Gasteiger partial charge in [0, 0.05) is 11.9 Å². The zero-order chi connectivity index (χ0) is 12.3. The maximum absolute atomic E-state index is 13.0. The molecule has 0 amide bonds. The summed E-state index contributed by atoms with van der Waals surface area (Å²) in [5.74, 6) is 1.08. The van der Waals surface area contributed by atoms with Crippen LogP contribution in [0.25, 0.3) is 11.0 Å². The number of nitrogens with zero attached hydrogens (tertiary/aromatic N) is 1. The van der Waals surface area contributed by atoms with E-state index in [2.05, 4.69) is 22.2 Å². The highest BCUT2D eigenvalue weighted by atomic mass is 35.5. The molecule has 0 spiro atoms. The van der Waals surface area contributed by atoms with E-state index in [0.29, 0.717) is 23.4 Å². The molecule has 2 N–H and O–H groups in total. The highest BCUT2D eigenvalue weighted by Crippen LogP contribution is 2.16. The molecule has 0 aliphatic carbocycles. The van der Waals surface area contributed by atoms with Gasteiger partial charge in [0.05, 0.1) is 11.0 Å². The fourth-order valence-corrected chi connectivity index (χ4v) is 1.89. The zero-order valence-electron chi connectivity index (χ0n) is 9.63. The van der Waals surface area contributed by atoms with Crippen molar-refractivity contribution in [3.8, 4) is 0 Å². The van der Waals surface area contributed by atoms with Crippen molar-refractivity contribution in [2.24, 2.45) is 0 Å². The van der Waals surface area contributed by atoms with Crippen molar-refractivity contribution in [3.05, 3.63) is 24.0 Å². The quantitative estimate of drug-likeness (QED) is 0.803. The lowest BCUT2D eigenvalue weighted by molar-refractivity contribution is 0.629. The highest BCUT2D eigenvalue weighted by molar-refractivity contribution is 6.17. The first-order chi connectivity index (χ1) is 8.19. The number of hydrogen-bond donors (Lipinski definition) is 2. The Balaban J connectivity index is 2.08. The van der Waals surface area contributed by atoms with Crippen molar-refractivity contribution in [1.29, 1.82) is 0 Å². The Morgan fingerprint density at radius 3 is 3.12 bits per heavy atom. The number of aromatic amines is 1. The lowest BCUT2D eigenvalue weighted by Gasteiger charge is -2.11. The average Bonchev–Trinajstić information content (AvgIpc) is 2.67. The fraction of sp³-hybridized carbons (Fsp3) is 0.417. The molecule has 0 saturated carbocycles. The average molecular weight is 256 g/mol. The van der Waals surface area contributed by atoms with Crippen molar-refractivity contribution in [3.63, 3.8) is 0 Å². The van der Waals surface area contributed by atoms with E-state index in [1.54, 1.807) is 6.07 Å². The van der Waals surface area contributed by atoms with Crippen molar-refractivity contribution in [1.82, 2.24) is 9.97 Å². The molecule has 17 heavy (non-hydrogen) atoms. The molecule has 1 atom stereocenters. The standard InChI is InChI=1S/C12H15ClFN3/c1-8(3-2-6-13)15-12-16-10-5-4-9(14)7-11(10)17-12/h4-5,7-8H,2-3,6H2,1H3,(H2,15,16,17). The van der Waals surface area contributed by atoms with Crippen LogP contribution in [0.2, 0.25) is 0 Å². The molecule has 0 fully saturated rings. The molecular weight excluding hydrogens is 241 g/mol. The van der Waals surface area contributed by atoms with Gasteiger partial charge in [0.1, 0.15) is 5.82 Å². The number of H-pyrrole nitrogens is 1. The van der Waals surface area contributed by atoms with Crippen LogP contribution in [-0.4, -0.2) is 21.9 Å². The maximum Gasteiger partial charge on any atom is 0.201 e. The van der Waals surface area contributed by atoms with Gasteiger partial charge in [-0.25, -0.2) is 9.37 Å². The van der Waals surface area contributed by atoms with Gasteiger partial charge >= 0.3 is 0 Å². The third-order valence-corrected chi connectivity index (χ3v) is 2.87. The van der Waals surface area contributed by atoms with Gasteiger partial charge in [0.15, 0.2) is 0 Å². The summed E-state index contributed by atoms with van der Waals surface area (Å²) in [5, 5.41) is 3.24. The Morgan fingerprint density at radius 1 is 1.53 bits per heavy atom. The van der Waals surface area contributed by atoms with Crippen LogP contribution in [0.5, 0.6) is 0 Å².